The van der Waals surface area contributed by atoms with E-state index < -0.39 is 0 Å². The fraction of sp³-hybridized carbons (Fsp3) is 0.909. The van der Waals surface area contributed by atoms with E-state index in [-0.39, 0.29) is 18.0 Å². The number of rotatable bonds is 4. The molecule has 2 rings (SSSR count). The van der Waals surface area contributed by atoms with Gasteiger partial charge in [0.2, 0.25) is 5.91 Å². The van der Waals surface area contributed by atoms with Crippen LogP contribution < -0.4 is 5.73 Å². The topological polar surface area (TPSA) is 55.6 Å². The number of nitrogens with zero attached hydrogens (tertiary/aromatic N) is 1. The highest BCUT2D eigenvalue weighted by Crippen LogP contribution is 2.33. The zero-order chi connectivity index (χ0) is 10.8. The van der Waals surface area contributed by atoms with E-state index in [0.717, 1.165) is 13.0 Å². The van der Waals surface area contributed by atoms with Gasteiger partial charge in [-0.2, -0.15) is 0 Å². The lowest BCUT2D eigenvalue weighted by atomic mass is 10.1. The Morgan fingerprint density at radius 1 is 1.53 bits per heavy atom. The molecule has 0 bridgehead atoms. The molecule has 0 aromatic carbocycles. The lowest BCUT2D eigenvalue weighted by Crippen LogP contribution is -2.40. The lowest BCUT2D eigenvalue weighted by molar-refractivity contribution is -0.132. The second-order valence-electron chi connectivity index (χ2n) is 4.73. The first-order chi connectivity index (χ1) is 7.18. The average molecular weight is 212 g/mol. The van der Waals surface area contributed by atoms with Crippen molar-refractivity contribution in [3.05, 3.63) is 0 Å². The Kier molecular flexibility index (Phi) is 3.26. The first kappa shape index (κ1) is 10.9. The summed E-state index contributed by atoms with van der Waals surface area (Å²) in [5.41, 5.74) is 5.94. The van der Waals surface area contributed by atoms with Gasteiger partial charge in [-0.15, -0.1) is 0 Å². The van der Waals surface area contributed by atoms with E-state index in [1.165, 1.54) is 12.8 Å². The highest BCUT2D eigenvalue weighted by Gasteiger charge is 2.32. The van der Waals surface area contributed by atoms with Gasteiger partial charge >= 0.3 is 0 Å². The number of amides is 1. The van der Waals surface area contributed by atoms with Gasteiger partial charge in [0, 0.05) is 26.1 Å². The van der Waals surface area contributed by atoms with Gasteiger partial charge in [0.05, 0.1) is 12.6 Å². The third-order valence-electron chi connectivity index (χ3n) is 3.48. The van der Waals surface area contributed by atoms with Crippen molar-refractivity contribution in [3.8, 4) is 0 Å². The minimum absolute atomic E-state index is 0.0715. The number of ether oxygens (including phenoxy) is 1. The number of carbonyl (C=O) groups is 1. The number of likely N-dealkylation sites (N-methyl/N-ethyl adjacent to an activating group) is 1. The zero-order valence-electron chi connectivity index (χ0n) is 9.32. The Hall–Kier alpha value is -0.610. The molecule has 0 radical (unpaired) electrons. The smallest absolute Gasteiger partial charge is 0.224 e. The molecule has 2 unspecified atom stereocenters. The predicted molar refractivity (Wildman–Crippen MR) is 57.3 cm³/mol. The van der Waals surface area contributed by atoms with Crippen molar-refractivity contribution in [2.75, 3.05) is 20.3 Å². The van der Waals surface area contributed by atoms with Gasteiger partial charge < -0.3 is 15.4 Å². The molecule has 2 N–H and O–H groups in total. The Bertz CT molecular complexity index is 235. The van der Waals surface area contributed by atoms with Gasteiger partial charge in [-0.3, -0.25) is 4.79 Å². The molecule has 1 aliphatic heterocycles. The van der Waals surface area contributed by atoms with Crippen molar-refractivity contribution in [1.82, 2.24) is 4.90 Å². The molecular weight excluding hydrogens is 192 g/mol. The van der Waals surface area contributed by atoms with Crippen LogP contribution in [-0.2, 0) is 9.53 Å². The van der Waals surface area contributed by atoms with Crippen molar-refractivity contribution in [2.24, 2.45) is 11.7 Å². The molecule has 0 aromatic rings. The summed E-state index contributed by atoms with van der Waals surface area (Å²) in [6.07, 6.45) is 3.86. The van der Waals surface area contributed by atoms with Gasteiger partial charge in [-0.1, -0.05) is 0 Å². The van der Waals surface area contributed by atoms with Crippen LogP contribution in [0.4, 0.5) is 0 Å². The van der Waals surface area contributed by atoms with Crippen molar-refractivity contribution in [3.63, 3.8) is 0 Å². The lowest BCUT2D eigenvalue weighted by Gasteiger charge is -2.24. The zero-order valence-corrected chi connectivity index (χ0v) is 9.32. The third kappa shape index (κ3) is 2.69. The maximum Gasteiger partial charge on any atom is 0.224 e. The average Bonchev–Trinajstić information content (AvgIpc) is 2.93. The van der Waals surface area contributed by atoms with Gasteiger partial charge in [0.25, 0.3) is 0 Å². The third-order valence-corrected chi connectivity index (χ3v) is 3.48. The molecule has 1 saturated heterocycles. The van der Waals surface area contributed by atoms with E-state index in [1.807, 2.05) is 11.9 Å². The Labute approximate surface area is 90.8 Å². The molecule has 4 heteroatoms. The molecular formula is C11H20N2O2. The monoisotopic (exact) mass is 212 g/mol. The van der Waals surface area contributed by atoms with Crippen LogP contribution in [-0.4, -0.2) is 43.2 Å². The number of hydrogen-bond acceptors (Lipinski definition) is 3. The van der Waals surface area contributed by atoms with Crippen LogP contribution in [0.3, 0.4) is 0 Å². The summed E-state index contributed by atoms with van der Waals surface area (Å²) in [5, 5.41) is 0. The Balaban J connectivity index is 1.78. The van der Waals surface area contributed by atoms with Crippen molar-refractivity contribution in [2.45, 2.75) is 37.8 Å². The Morgan fingerprint density at radius 3 is 2.80 bits per heavy atom. The standard InChI is InChI=1S/C11H20N2O2/c1-13(9-4-5-15-7-9)11(14)6-10(12)8-2-3-8/h8-10H,2-7,12H2,1H3. The first-order valence-electron chi connectivity index (χ1n) is 5.77. The molecule has 1 saturated carbocycles. The quantitative estimate of drug-likeness (QED) is 0.732. The van der Waals surface area contributed by atoms with E-state index in [0.29, 0.717) is 18.9 Å². The highest BCUT2D eigenvalue weighted by atomic mass is 16.5. The van der Waals surface area contributed by atoms with Crippen LogP contribution >= 0.6 is 0 Å². The molecule has 2 atom stereocenters. The number of nitrogens with two attached hydrogens (primary N) is 1. The van der Waals surface area contributed by atoms with Gasteiger partial charge in [-0.25, -0.2) is 0 Å². The fourth-order valence-electron chi connectivity index (χ4n) is 2.07. The largest absolute Gasteiger partial charge is 0.379 e. The minimum Gasteiger partial charge on any atom is -0.379 e. The van der Waals surface area contributed by atoms with Crippen LogP contribution in [0.25, 0.3) is 0 Å². The van der Waals surface area contributed by atoms with Crippen LogP contribution in [0.15, 0.2) is 0 Å². The second-order valence-corrected chi connectivity index (χ2v) is 4.73. The molecule has 2 fully saturated rings. The molecule has 4 nitrogen and oxygen atoms in total. The molecule has 0 spiro atoms. The molecule has 0 aromatic heterocycles. The van der Waals surface area contributed by atoms with E-state index in [4.69, 9.17) is 10.5 Å². The molecule has 2 aliphatic rings. The highest BCUT2D eigenvalue weighted by molar-refractivity contribution is 5.77. The minimum atomic E-state index is 0.0715. The number of carbonyl (C=O) groups excluding carboxylic acids is 1. The van der Waals surface area contributed by atoms with Crippen LogP contribution in [0, 0.1) is 5.92 Å². The molecule has 86 valence electrons. The fourth-order valence-corrected chi connectivity index (χ4v) is 2.07. The van der Waals surface area contributed by atoms with Crippen LogP contribution in [0.2, 0.25) is 0 Å². The summed E-state index contributed by atoms with van der Waals surface area (Å²) in [6.45, 7) is 1.46. The second kappa shape index (κ2) is 4.49. The number of hydrogen-bond donors (Lipinski definition) is 1. The molecule has 1 heterocycles. The normalized spacial score (nSPS) is 27.7. The maximum atomic E-state index is 11.9. The van der Waals surface area contributed by atoms with Gasteiger partial charge in [-0.05, 0) is 25.2 Å². The summed E-state index contributed by atoms with van der Waals surface area (Å²) in [4.78, 5) is 13.7. The summed E-state index contributed by atoms with van der Waals surface area (Å²) < 4.78 is 5.27. The summed E-state index contributed by atoms with van der Waals surface area (Å²) >= 11 is 0. The van der Waals surface area contributed by atoms with E-state index in [2.05, 4.69) is 0 Å². The van der Waals surface area contributed by atoms with Gasteiger partial charge in [0.1, 0.15) is 0 Å². The summed E-state index contributed by atoms with van der Waals surface area (Å²) in [7, 11) is 1.86. The van der Waals surface area contributed by atoms with Crippen molar-refractivity contribution >= 4 is 5.91 Å². The molecule has 1 aliphatic carbocycles. The van der Waals surface area contributed by atoms with Gasteiger partial charge in [0.15, 0.2) is 0 Å². The first-order valence-corrected chi connectivity index (χ1v) is 5.77. The predicted octanol–water partition coefficient (Wildman–Crippen LogP) is 0.361. The Morgan fingerprint density at radius 2 is 2.27 bits per heavy atom. The SMILES string of the molecule is CN(C(=O)CC(N)C1CC1)C1CCOC1. The van der Waals surface area contributed by atoms with Crippen molar-refractivity contribution < 1.29 is 9.53 Å². The molecule has 1 amide bonds. The summed E-state index contributed by atoms with van der Waals surface area (Å²) in [5.74, 6) is 0.770. The van der Waals surface area contributed by atoms with E-state index >= 15 is 0 Å². The van der Waals surface area contributed by atoms with Crippen molar-refractivity contribution in [1.29, 1.82) is 0 Å². The molecule has 15 heavy (non-hydrogen) atoms. The van der Waals surface area contributed by atoms with Crippen LogP contribution in [0.1, 0.15) is 25.7 Å². The summed E-state index contributed by atoms with van der Waals surface area (Å²) in [6, 6.07) is 0.339. The van der Waals surface area contributed by atoms with Crippen LogP contribution in [0.5, 0.6) is 0 Å². The van der Waals surface area contributed by atoms with E-state index in [9.17, 15) is 4.79 Å². The van der Waals surface area contributed by atoms with E-state index in [1.54, 1.807) is 0 Å². The maximum absolute atomic E-state index is 11.9.